The van der Waals surface area contributed by atoms with Crippen molar-refractivity contribution in [2.45, 2.75) is 103 Å². The Morgan fingerprint density at radius 2 is 1.09 bits per heavy atom. The van der Waals surface area contributed by atoms with Crippen molar-refractivity contribution in [3.05, 3.63) is 0 Å². The molecule has 0 aliphatic rings. The van der Waals surface area contributed by atoms with E-state index in [4.69, 9.17) is 0 Å². The lowest BCUT2D eigenvalue weighted by Crippen LogP contribution is -2.25. The lowest BCUT2D eigenvalue weighted by Gasteiger charge is -2.05. The summed E-state index contributed by atoms with van der Waals surface area (Å²) < 4.78 is 0. The second-order valence-corrected chi connectivity index (χ2v) is 6.77. The van der Waals surface area contributed by atoms with Crippen molar-refractivity contribution in [2.24, 2.45) is 0 Å². The predicted octanol–water partition coefficient (Wildman–Crippen LogP) is 5.19. The van der Waals surface area contributed by atoms with E-state index in [-0.39, 0.29) is 5.91 Å². The molecule has 0 aliphatic heterocycles. The van der Waals surface area contributed by atoms with Gasteiger partial charge in [-0.1, -0.05) is 90.4 Å². The molecule has 0 aliphatic carbocycles. The van der Waals surface area contributed by atoms with E-state index in [1.165, 1.54) is 89.9 Å². The van der Waals surface area contributed by atoms with Gasteiger partial charge in [-0.2, -0.15) is 0 Å². The van der Waals surface area contributed by atoms with Crippen molar-refractivity contribution in [1.29, 1.82) is 0 Å². The molecule has 0 saturated heterocycles. The van der Waals surface area contributed by atoms with Crippen LogP contribution in [0.15, 0.2) is 0 Å². The molecule has 3 nitrogen and oxygen atoms in total. The lowest BCUT2D eigenvalue weighted by molar-refractivity contribution is -0.120. The molecule has 0 spiro atoms. The van der Waals surface area contributed by atoms with Gasteiger partial charge in [-0.15, -0.1) is 0 Å². The van der Waals surface area contributed by atoms with E-state index in [9.17, 15) is 4.79 Å². The molecule has 0 bridgehead atoms. The minimum atomic E-state index is 0.124. The summed E-state index contributed by atoms with van der Waals surface area (Å²) in [4.78, 5) is 11.0. The number of nitrogens with one attached hydrogen (secondary N) is 2. The largest absolute Gasteiger partial charge is 0.359 e. The Labute approximate surface area is 145 Å². The van der Waals surface area contributed by atoms with Gasteiger partial charge in [0.1, 0.15) is 0 Å². The Kier molecular flexibility index (Phi) is 19.0. The molecule has 2 N–H and O–H groups in total. The second-order valence-electron chi connectivity index (χ2n) is 6.77. The quantitative estimate of drug-likeness (QED) is 0.340. The molecule has 0 heterocycles. The Hall–Kier alpha value is -0.570. The topological polar surface area (TPSA) is 41.1 Å². The standard InChI is InChI=1S/C20H42N2O/c1-3-4-5-6-7-8-9-10-11-12-13-14-15-16-18-22-19-17-20(23)21-2/h22H,3-19H2,1-2H3,(H,21,23). The Morgan fingerprint density at radius 1 is 0.652 bits per heavy atom. The summed E-state index contributed by atoms with van der Waals surface area (Å²) in [6.45, 7) is 4.14. The number of hydrogen-bond donors (Lipinski definition) is 2. The Balaban J connectivity index is 2.99. The van der Waals surface area contributed by atoms with E-state index in [0.717, 1.165) is 13.1 Å². The molecule has 0 aromatic carbocycles. The summed E-state index contributed by atoms with van der Waals surface area (Å²) in [5.74, 6) is 0.124. The van der Waals surface area contributed by atoms with Crippen LogP contribution < -0.4 is 10.6 Å². The molecule has 0 aromatic rings. The van der Waals surface area contributed by atoms with Crippen molar-refractivity contribution < 1.29 is 4.79 Å². The summed E-state index contributed by atoms with van der Waals surface area (Å²) in [5, 5.41) is 5.97. The van der Waals surface area contributed by atoms with Gasteiger partial charge in [0, 0.05) is 20.0 Å². The minimum absolute atomic E-state index is 0.124. The van der Waals surface area contributed by atoms with E-state index in [0.29, 0.717) is 6.42 Å². The highest BCUT2D eigenvalue weighted by atomic mass is 16.1. The average molecular weight is 327 g/mol. The van der Waals surface area contributed by atoms with Gasteiger partial charge in [-0.05, 0) is 13.0 Å². The first-order chi connectivity index (χ1) is 11.3. The predicted molar refractivity (Wildman–Crippen MR) is 102 cm³/mol. The molecule has 23 heavy (non-hydrogen) atoms. The molecular formula is C20H42N2O. The number of unbranched alkanes of at least 4 members (excludes halogenated alkanes) is 13. The van der Waals surface area contributed by atoms with Gasteiger partial charge in [0.05, 0.1) is 0 Å². The number of hydrogen-bond acceptors (Lipinski definition) is 2. The van der Waals surface area contributed by atoms with Gasteiger partial charge < -0.3 is 10.6 Å². The molecular weight excluding hydrogens is 284 g/mol. The zero-order chi connectivity index (χ0) is 17.0. The van der Waals surface area contributed by atoms with Crippen LogP contribution in [0, 0.1) is 0 Å². The summed E-state index contributed by atoms with van der Waals surface area (Å²) >= 11 is 0. The highest BCUT2D eigenvalue weighted by Gasteiger charge is 1.96. The van der Waals surface area contributed by atoms with Gasteiger partial charge in [-0.25, -0.2) is 0 Å². The molecule has 0 atom stereocenters. The summed E-state index contributed by atoms with van der Waals surface area (Å²) in [7, 11) is 1.69. The third kappa shape index (κ3) is 19.4. The SMILES string of the molecule is CCCCCCCCCCCCCCCCNCCC(=O)NC. The molecule has 138 valence electrons. The maximum absolute atomic E-state index is 11.0. The van der Waals surface area contributed by atoms with E-state index < -0.39 is 0 Å². The monoisotopic (exact) mass is 326 g/mol. The normalized spacial score (nSPS) is 10.9. The highest BCUT2D eigenvalue weighted by Crippen LogP contribution is 2.12. The molecule has 0 unspecified atom stereocenters. The van der Waals surface area contributed by atoms with E-state index in [2.05, 4.69) is 17.6 Å². The van der Waals surface area contributed by atoms with Crippen molar-refractivity contribution in [1.82, 2.24) is 10.6 Å². The fourth-order valence-corrected chi connectivity index (χ4v) is 2.90. The van der Waals surface area contributed by atoms with Gasteiger partial charge in [0.15, 0.2) is 0 Å². The third-order valence-corrected chi connectivity index (χ3v) is 4.51. The van der Waals surface area contributed by atoms with E-state index in [1.807, 2.05) is 0 Å². The number of rotatable bonds is 18. The smallest absolute Gasteiger partial charge is 0.221 e. The van der Waals surface area contributed by atoms with Crippen LogP contribution >= 0.6 is 0 Å². The first kappa shape index (κ1) is 22.4. The Bertz CT molecular complexity index is 244. The minimum Gasteiger partial charge on any atom is -0.359 e. The maximum Gasteiger partial charge on any atom is 0.221 e. The number of carbonyl (C=O) groups is 1. The van der Waals surface area contributed by atoms with Crippen LogP contribution in [-0.2, 0) is 4.79 Å². The summed E-state index contributed by atoms with van der Waals surface area (Å²) in [5.41, 5.74) is 0. The molecule has 0 rings (SSSR count). The summed E-state index contributed by atoms with van der Waals surface area (Å²) in [6.07, 6.45) is 20.2. The molecule has 0 fully saturated rings. The van der Waals surface area contributed by atoms with Crippen LogP contribution in [0.3, 0.4) is 0 Å². The first-order valence-electron chi connectivity index (χ1n) is 10.2. The zero-order valence-electron chi connectivity index (χ0n) is 15.9. The third-order valence-electron chi connectivity index (χ3n) is 4.51. The van der Waals surface area contributed by atoms with Crippen LogP contribution in [0.1, 0.15) is 103 Å². The maximum atomic E-state index is 11.0. The molecule has 3 heteroatoms. The second kappa shape index (κ2) is 19.5. The zero-order valence-corrected chi connectivity index (χ0v) is 15.9. The fourth-order valence-electron chi connectivity index (χ4n) is 2.90. The highest BCUT2D eigenvalue weighted by molar-refractivity contribution is 5.75. The fraction of sp³-hybridized carbons (Fsp3) is 0.950. The van der Waals surface area contributed by atoms with Crippen molar-refractivity contribution in [2.75, 3.05) is 20.1 Å². The average Bonchev–Trinajstić information content (AvgIpc) is 2.57. The Morgan fingerprint density at radius 3 is 1.52 bits per heavy atom. The van der Waals surface area contributed by atoms with Crippen molar-refractivity contribution >= 4 is 5.91 Å². The van der Waals surface area contributed by atoms with Crippen LogP contribution in [0.4, 0.5) is 0 Å². The van der Waals surface area contributed by atoms with Crippen molar-refractivity contribution in [3.63, 3.8) is 0 Å². The van der Waals surface area contributed by atoms with Gasteiger partial charge in [-0.3, -0.25) is 4.79 Å². The molecule has 0 radical (unpaired) electrons. The number of amides is 1. The van der Waals surface area contributed by atoms with E-state index in [1.54, 1.807) is 7.05 Å². The van der Waals surface area contributed by atoms with Crippen LogP contribution in [0.2, 0.25) is 0 Å². The molecule has 0 saturated carbocycles. The van der Waals surface area contributed by atoms with Crippen LogP contribution in [0.5, 0.6) is 0 Å². The number of carbonyl (C=O) groups excluding carboxylic acids is 1. The van der Waals surface area contributed by atoms with Crippen molar-refractivity contribution in [3.8, 4) is 0 Å². The molecule has 0 aromatic heterocycles. The van der Waals surface area contributed by atoms with Crippen LogP contribution in [-0.4, -0.2) is 26.0 Å². The lowest BCUT2D eigenvalue weighted by atomic mass is 10.0. The van der Waals surface area contributed by atoms with Gasteiger partial charge >= 0.3 is 0 Å². The first-order valence-corrected chi connectivity index (χ1v) is 10.2. The van der Waals surface area contributed by atoms with E-state index >= 15 is 0 Å². The molecule has 1 amide bonds. The van der Waals surface area contributed by atoms with Gasteiger partial charge in [0.2, 0.25) is 5.91 Å². The van der Waals surface area contributed by atoms with Crippen LogP contribution in [0.25, 0.3) is 0 Å². The summed E-state index contributed by atoms with van der Waals surface area (Å²) in [6, 6.07) is 0. The van der Waals surface area contributed by atoms with Gasteiger partial charge in [0.25, 0.3) is 0 Å².